The fourth-order valence-electron chi connectivity index (χ4n) is 2.66. The molecule has 1 N–H and O–H groups in total. The van der Waals surface area contributed by atoms with Crippen LogP contribution in [-0.4, -0.2) is 36.3 Å². The summed E-state index contributed by atoms with van der Waals surface area (Å²) in [5.74, 6) is -0.427. The molecule has 144 valence electrons. The van der Waals surface area contributed by atoms with Gasteiger partial charge in [-0.1, -0.05) is 35.9 Å². The van der Waals surface area contributed by atoms with Crippen LogP contribution in [0.1, 0.15) is 24.5 Å². The summed E-state index contributed by atoms with van der Waals surface area (Å²) in [4.78, 5) is 25.5. The number of hydrogen-bond acceptors (Lipinski definition) is 2. The number of hydrogen-bond donors (Lipinski definition) is 1. The van der Waals surface area contributed by atoms with E-state index in [2.05, 4.69) is 5.32 Å². The first-order chi connectivity index (χ1) is 12.9. The molecule has 0 saturated heterocycles. The average molecular weight is 391 g/mol. The summed E-state index contributed by atoms with van der Waals surface area (Å²) < 4.78 is 12.9. The molecule has 0 bridgehead atoms. The molecule has 6 heteroatoms. The van der Waals surface area contributed by atoms with Gasteiger partial charge >= 0.3 is 0 Å². The molecule has 0 fully saturated rings. The molecule has 0 atom stereocenters. The Labute approximate surface area is 164 Å². The summed E-state index contributed by atoms with van der Waals surface area (Å²) in [7, 11) is 0. The van der Waals surface area contributed by atoms with Crippen LogP contribution in [0.2, 0.25) is 5.02 Å². The smallest absolute Gasteiger partial charge is 0.221 e. The quantitative estimate of drug-likeness (QED) is 0.711. The van der Waals surface area contributed by atoms with Crippen LogP contribution in [0.4, 0.5) is 4.39 Å². The molecule has 0 aliphatic heterocycles. The van der Waals surface area contributed by atoms with Gasteiger partial charge in [0.1, 0.15) is 5.82 Å². The van der Waals surface area contributed by atoms with Crippen LogP contribution in [0.5, 0.6) is 0 Å². The molecule has 0 saturated carbocycles. The maximum absolute atomic E-state index is 12.9. The molecule has 0 spiro atoms. The molecular weight excluding hydrogens is 367 g/mol. The Morgan fingerprint density at radius 1 is 0.963 bits per heavy atom. The fourth-order valence-corrected chi connectivity index (χ4v) is 2.79. The lowest BCUT2D eigenvalue weighted by molar-refractivity contribution is -0.129. The van der Waals surface area contributed by atoms with Crippen molar-refractivity contribution in [2.45, 2.75) is 26.2 Å². The number of halogens is 2. The third-order valence-corrected chi connectivity index (χ3v) is 4.54. The number of benzene rings is 2. The molecular formula is C21H24ClFN2O2. The van der Waals surface area contributed by atoms with Crippen molar-refractivity contribution in [1.29, 1.82) is 0 Å². The fraction of sp³-hybridized carbons (Fsp3) is 0.333. The van der Waals surface area contributed by atoms with Crippen molar-refractivity contribution in [3.05, 3.63) is 70.5 Å². The van der Waals surface area contributed by atoms with Gasteiger partial charge < -0.3 is 10.2 Å². The van der Waals surface area contributed by atoms with E-state index < -0.39 is 0 Å². The maximum atomic E-state index is 12.9. The molecule has 4 nitrogen and oxygen atoms in total. The van der Waals surface area contributed by atoms with Crippen LogP contribution < -0.4 is 5.32 Å². The van der Waals surface area contributed by atoms with Gasteiger partial charge in [0.2, 0.25) is 11.8 Å². The number of nitrogens with zero attached hydrogens (tertiary/aromatic N) is 1. The molecule has 0 aliphatic carbocycles. The van der Waals surface area contributed by atoms with E-state index in [1.165, 1.54) is 19.1 Å². The van der Waals surface area contributed by atoms with Gasteiger partial charge in [0.15, 0.2) is 0 Å². The number of rotatable bonds is 9. The van der Waals surface area contributed by atoms with E-state index in [0.717, 1.165) is 11.1 Å². The Hall–Kier alpha value is -2.40. The third kappa shape index (κ3) is 7.79. The highest BCUT2D eigenvalue weighted by Crippen LogP contribution is 2.10. The van der Waals surface area contributed by atoms with Crippen LogP contribution in [-0.2, 0) is 22.4 Å². The molecule has 2 rings (SSSR count). The van der Waals surface area contributed by atoms with Gasteiger partial charge in [-0.25, -0.2) is 4.39 Å². The minimum absolute atomic E-state index is 0.0527. The number of amides is 2. The second kappa shape index (κ2) is 10.7. The van der Waals surface area contributed by atoms with E-state index in [-0.39, 0.29) is 24.1 Å². The summed E-state index contributed by atoms with van der Waals surface area (Å²) in [5.41, 5.74) is 2.06. The summed E-state index contributed by atoms with van der Waals surface area (Å²) in [6.45, 7) is 2.93. The maximum Gasteiger partial charge on any atom is 0.221 e. The first-order valence-corrected chi connectivity index (χ1v) is 9.33. The molecule has 2 amide bonds. The zero-order valence-electron chi connectivity index (χ0n) is 15.4. The lowest BCUT2D eigenvalue weighted by atomic mass is 10.1. The van der Waals surface area contributed by atoms with Gasteiger partial charge in [-0.05, 0) is 48.2 Å². The van der Waals surface area contributed by atoms with Gasteiger partial charge in [0.05, 0.1) is 0 Å². The summed E-state index contributed by atoms with van der Waals surface area (Å²) >= 11 is 5.87. The van der Waals surface area contributed by atoms with Crippen LogP contribution in [0.15, 0.2) is 48.5 Å². The van der Waals surface area contributed by atoms with E-state index >= 15 is 0 Å². The summed E-state index contributed by atoms with van der Waals surface area (Å²) in [6.07, 6.45) is 1.60. The molecule has 0 radical (unpaired) electrons. The normalized spacial score (nSPS) is 10.5. The third-order valence-electron chi connectivity index (χ3n) is 4.29. The largest absolute Gasteiger partial charge is 0.356 e. The summed E-state index contributed by atoms with van der Waals surface area (Å²) in [6, 6.07) is 13.7. The Morgan fingerprint density at radius 3 is 2.19 bits per heavy atom. The zero-order valence-corrected chi connectivity index (χ0v) is 16.1. The highest BCUT2D eigenvalue weighted by Gasteiger charge is 2.11. The Bertz CT molecular complexity index is 748. The van der Waals surface area contributed by atoms with Crippen LogP contribution >= 0.6 is 11.6 Å². The van der Waals surface area contributed by atoms with Gasteiger partial charge in [-0.15, -0.1) is 0 Å². The lowest BCUT2D eigenvalue weighted by Crippen LogP contribution is -2.35. The number of carbonyl (C=O) groups is 2. The van der Waals surface area contributed by atoms with E-state index in [4.69, 9.17) is 11.6 Å². The van der Waals surface area contributed by atoms with Crippen molar-refractivity contribution in [1.82, 2.24) is 10.2 Å². The molecule has 0 heterocycles. The van der Waals surface area contributed by atoms with E-state index in [1.807, 2.05) is 24.3 Å². The molecule has 2 aromatic carbocycles. The van der Waals surface area contributed by atoms with Gasteiger partial charge in [0.25, 0.3) is 0 Å². The van der Waals surface area contributed by atoms with Crippen LogP contribution in [0, 0.1) is 5.82 Å². The Morgan fingerprint density at radius 2 is 1.56 bits per heavy atom. The zero-order chi connectivity index (χ0) is 19.6. The van der Waals surface area contributed by atoms with Crippen LogP contribution in [0.3, 0.4) is 0 Å². The van der Waals surface area contributed by atoms with Gasteiger partial charge in [0, 0.05) is 38.0 Å². The molecule has 27 heavy (non-hydrogen) atoms. The SMILES string of the molecule is CC(=O)N(CCC(=O)NCCc1ccc(F)cc1)CCc1ccc(Cl)cc1. The Balaban J connectivity index is 1.70. The monoisotopic (exact) mass is 390 g/mol. The van der Waals surface area contributed by atoms with Crippen LogP contribution in [0.25, 0.3) is 0 Å². The van der Waals surface area contributed by atoms with E-state index in [0.29, 0.717) is 37.5 Å². The van der Waals surface area contributed by atoms with Crippen molar-refractivity contribution in [3.8, 4) is 0 Å². The molecule has 2 aromatic rings. The van der Waals surface area contributed by atoms with E-state index in [1.54, 1.807) is 17.0 Å². The van der Waals surface area contributed by atoms with Crippen molar-refractivity contribution in [3.63, 3.8) is 0 Å². The average Bonchev–Trinajstić information content (AvgIpc) is 2.64. The van der Waals surface area contributed by atoms with Crippen molar-refractivity contribution in [2.75, 3.05) is 19.6 Å². The number of nitrogens with one attached hydrogen (secondary N) is 1. The van der Waals surface area contributed by atoms with Crippen molar-refractivity contribution in [2.24, 2.45) is 0 Å². The highest BCUT2D eigenvalue weighted by molar-refractivity contribution is 6.30. The molecule has 0 unspecified atom stereocenters. The lowest BCUT2D eigenvalue weighted by Gasteiger charge is -2.21. The van der Waals surface area contributed by atoms with Crippen molar-refractivity contribution >= 4 is 23.4 Å². The minimum atomic E-state index is -0.272. The van der Waals surface area contributed by atoms with Gasteiger partial charge in [-0.2, -0.15) is 0 Å². The highest BCUT2D eigenvalue weighted by atomic mass is 35.5. The molecule has 0 aliphatic rings. The van der Waals surface area contributed by atoms with Crippen molar-refractivity contribution < 1.29 is 14.0 Å². The predicted octanol–water partition coefficient (Wildman–Crippen LogP) is 3.62. The Kier molecular flexibility index (Phi) is 8.27. The molecule has 0 aromatic heterocycles. The first kappa shape index (κ1) is 20.9. The standard InChI is InChI=1S/C21H24ClFN2O2/c1-16(26)25(14-11-18-2-6-19(22)7-3-18)15-12-21(27)24-13-10-17-4-8-20(23)9-5-17/h2-9H,10-15H2,1H3,(H,24,27). The number of carbonyl (C=O) groups excluding carboxylic acids is 2. The topological polar surface area (TPSA) is 49.4 Å². The summed E-state index contributed by atoms with van der Waals surface area (Å²) in [5, 5.41) is 3.51. The first-order valence-electron chi connectivity index (χ1n) is 8.95. The minimum Gasteiger partial charge on any atom is -0.356 e. The second-order valence-corrected chi connectivity index (χ2v) is 6.80. The van der Waals surface area contributed by atoms with E-state index in [9.17, 15) is 14.0 Å². The second-order valence-electron chi connectivity index (χ2n) is 6.36. The predicted molar refractivity (Wildman–Crippen MR) is 105 cm³/mol. The van der Waals surface area contributed by atoms with Gasteiger partial charge in [-0.3, -0.25) is 9.59 Å².